The first kappa shape index (κ1) is 21.9. The summed E-state index contributed by atoms with van der Waals surface area (Å²) in [7, 11) is 0. The van der Waals surface area contributed by atoms with Crippen LogP contribution in [0, 0.1) is 19.3 Å². The number of nitrogens with one attached hydrogen (secondary N) is 1. The molecule has 1 N–H and O–H groups in total. The Labute approximate surface area is 184 Å². The maximum Gasteiger partial charge on any atom is 0.335 e. The van der Waals surface area contributed by atoms with Crippen molar-refractivity contribution in [3.05, 3.63) is 58.1 Å². The zero-order valence-corrected chi connectivity index (χ0v) is 17.7. The van der Waals surface area contributed by atoms with Crippen LogP contribution in [-0.2, 0) is 9.59 Å². The van der Waals surface area contributed by atoms with Gasteiger partial charge in [-0.25, -0.2) is 9.69 Å². The molecule has 1 saturated heterocycles. The highest BCUT2D eigenvalue weighted by atomic mass is 35.5. The number of benzene rings is 2. The molecule has 2 aromatic carbocycles. The third-order valence-electron chi connectivity index (χ3n) is 4.40. The molecule has 31 heavy (non-hydrogen) atoms. The molecule has 1 aliphatic rings. The lowest BCUT2D eigenvalue weighted by Gasteiger charge is -2.27. The van der Waals surface area contributed by atoms with Gasteiger partial charge in [0.15, 0.2) is 11.5 Å². The van der Waals surface area contributed by atoms with Crippen LogP contribution in [0.3, 0.4) is 0 Å². The fourth-order valence-corrected chi connectivity index (χ4v) is 3.15. The quantitative estimate of drug-likeness (QED) is 0.422. The summed E-state index contributed by atoms with van der Waals surface area (Å²) in [5, 5.41) is 2.55. The molecule has 158 valence electrons. The van der Waals surface area contributed by atoms with Crippen molar-refractivity contribution in [3.63, 3.8) is 0 Å². The predicted molar refractivity (Wildman–Crippen MR) is 117 cm³/mol. The first-order valence-electron chi connectivity index (χ1n) is 9.36. The van der Waals surface area contributed by atoms with Crippen LogP contribution in [0.2, 0.25) is 5.02 Å². The van der Waals surface area contributed by atoms with E-state index in [1.807, 2.05) is 6.92 Å². The molecule has 0 unspecified atom stereocenters. The van der Waals surface area contributed by atoms with Crippen molar-refractivity contribution in [3.8, 4) is 23.8 Å². The lowest BCUT2D eigenvalue weighted by Crippen LogP contribution is -2.54. The topological polar surface area (TPSA) is 84.9 Å². The summed E-state index contributed by atoms with van der Waals surface area (Å²) in [6.07, 6.45) is 6.61. The summed E-state index contributed by atoms with van der Waals surface area (Å²) in [5.41, 5.74) is 1.24. The lowest BCUT2D eigenvalue weighted by atomic mass is 10.1. The molecule has 0 aliphatic carbocycles. The highest BCUT2D eigenvalue weighted by molar-refractivity contribution is 6.39. The van der Waals surface area contributed by atoms with Crippen LogP contribution >= 0.6 is 11.6 Å². The van der Waals surface area contributed by atoms with E-state index in [9.17, 15) is 14.4 Å². The van der Waals surface area contributed by atoms with Gasteiger partial charge in [-0.15, -0.1) is 6.42 Å². The van der Waals surface area contributed by atoms with Crippen molar-refractivity contribution in [2.24, 2.45) is 0 Å². The van der Waals surface area contributed by atoms with Gasteiger partial charge in [-0.3, -0.25) is 14.9 Å². The predicted octanol–water partition coefficient (Wildman–Crippen LogP) is 3.73. The van der Waals surface area contributed by atoms with Gasteiger partial charge in [0.05, 0.1) is 12.3 Å². The lowest BCUT2D eigenvalue weighted by molar-refractivity contribution is -0.122. The first-order valence-corrected chi connectivity index (χ1v) is 9.74. The molecule has 4 amide bonds. The number of ether oxygens (including phenoxy) is 2. The van der Waals surface area contributed by atoms with Crippen molar-refractivity contribution in [1.29, 1.82) is 0 Å². The maximum absolute atomic E-state index is 13.1. The Kier molecular flexibility index (Phi) is 6.63. The number of imide groups is 2. The van der Waals surface area contributed by atoms with Gasteiger partial charge in [-0.2, -0.15) is 0 Å². The number of amides is 4. The third kappa shape index (κ3) is 4.71. The number of anilines is 1. The number of aryl methyl sites for hydroxylation is 1. The van der Waals surface area contributed by atoms with Crippen molar-refractivity contribution >= 4 is 41.2 Å². The largest absolute Gasteiger partial charge is 0.490 e. The minimum atomic E-state index is -0.842. The minimum absolute atomic E-state index is 0.0669. The van der Waals surface area contributed by atoms with E-state index in [0.717, 1.165) is 4.90 Å². The highest BCUT2D eigenvalue weighted by Gasteiger charge is 2.37. The first-order chi connectivity index (χ1) is 14.8. The number of urea groups is 1. The number of barbiturate groups is 1. The molecule has 0 aromatic heterocycles. The van der Waals surface area contributed by atoms with Crippen LogP contribution in [0.4, 0.5) is 10.5 Å². The molecule has 7 nitrogen and oxygen atoms in total. The molecule has 0 radical (unpaired) electrons. The van der Waals surface area contributed by atoms with Crippen LogP contribution in [0.1, 0.15) is 18.1 Å². The van der Waals surface area contributed by atoms with Crippen molar-refractivity contribution < 1.29 is 23.9 Å². The third-order valence-corrected chi connectivity index (χ3v) is 4.64. The molecule has 0 atom stereocenters. The normalized spacial score (nSPS) is 15.0. The maximum atomic E-state index is 13.1. The van der Waals surface area contributed by atoms with E-state index in [1.165, 1.54) is 12.1 Å². The number of hydrogen-bond donors (Lipinski definition) is 1. The number of halogens is 1. The number of carbonyl (C=O) groups excluding carboxylic acids is 3. The number of hydrogen-bond acceptors (Lipinski definition) is 5. The molecular formula is C23H19ClN2O5. The molecular weight excluding hydrogens is 420 g/mol. The van der Waals surface area contributed by atoms with E-state index in [-0.39, 0.29) is 12.2 Å². The monoisotopic (exact) mass is 438 g/mol. The van der Waals surface area contributed by atoms with E-state index in [2.05, 4.69) is 11.2 Å². The Bertz CT molecular complexity index is 1130. The number of nitrogens with zero attached hydrogens (tertiary/aromatic N) is 1. The second-order valence-corrected chi connectivity index (χ2v) is 6.96. The van der Waals surface area contributed by atoms with Crippen LogP contribution in [-0.4, -0.2) is 31.1 Å². The molecule has 0 saturated carbocycles. The average molecular weight is 439 g/mol. The number of carbonyl (C=O) groups is 3. The van der Waals surface area contributed by atoms with Crippen molar-refractivity contribution in [1.82, 2.24) is 5.32 Å². The van der Waals surface area contributed by atoms with E-state index < -0.39 is 17.8 Å². The Balaban J connectivity index is 2.01. The summed E-state index contributed by atoms with van der Waals surface area (Å²) in [6.45, 7) is 3.99. The zero-order chi connectivity index (χ0) is 22.5. The van der Waals surface area contributed by atoms with Gasteiger partial charge in [0.2, 0.25) is 0 Å². The Morgan fingerprint density at radius 3 is 2.61 bits per heavy atom. The zero-order valence-electron chi connectivity index (χ0n) is 16.9. The summed E-state index contributed by atoms with van der Waals surface area (Å²) < 4.78 is 11.0. The molecule has 0 spiro atoms. The SMILES string of the molecule is C#CCOc1ccc(/C=C2\C(=O)NC(=O)N(c3cc(Cl)ccc3C)C2=O)cc1OCC. The summed E-state index contributed by atoms with van der Waals surface area (Å²) in [6, 6.07) is 8.87. The number of terminal acetylenes is 1. The van der Waals surface area contributed by atoms with Gasteiger partial charge < -0.3 is 9.47 Å². The van der Waals surface area contributed by atoms with Gasteiger partial charge in [-0.1, -0.05) is 29.7 Å². The summed E-state index contributed by atoms with van der Waals surface area (Å²) >= 11 is 6.04. The minimum Gasteiger partial charge on any atom is -0.490 e. The molecule has 1 aliphatic heterocycles. The highest BCUT2D eigenvalue weighted by Crippen LogP contribution is 2.31. The van der Waals surface area contributed by atoms with E-state index in [4.69, 9.17) is 27.5 Å². The molecule has 1 heterocycles. The van der Waals surface area contributed by atoms with Crippen LogP contribution < -0.4 is 19.7 Å². The second kappa shape index (κ2) is 9.37. The van der Waals surface area contributed by atoms with E-state index in [0.29, 0.717) is 39.9 Å². The summed E-state index contributed by atoms with van der Waals surface area (Å²) in [4.78, 5) is 38.8. The van der Waals surface area contributed by atoms with Gasteiger partial charge in [0.25, 0.3) is 11.8 Å². The van der Waals surface area contributed by atoms with Gasteiger partial charge in [-0.05, 0) is 55.3 Å². The molecule has 2 aromatic rings. The molecule has 0 bridgehead atoms. The molecule has 1 fully saturated rings. The fraction of sp³-hybridized carbons (Fsp3) is 0.174. The smallest absolute Gasteiger partial charge is 0.335 e. The van der Waals surface area contributed by atoms with E-state index in [1.54, 1.807) is 37.3 Å². The molecule has 8 heteroatoms. The van der Waals surface area contributed by atoms with Gasteiger partial charge >= 0.3 is 6.03 Å². The van der Waals surface area contributed by atoms with Crippen LogP contribution in [0.25, 0.3) is 6.08 Å². The standard InChI is InChI=1S/C23H19ClN2O5/c1-4-10-31-19-9-7-15(12-20(19)30-5-2)11-17-21(27)25-23(29)26(22(17)28)18-13-16(24)8-6-14(18)3/h1,6-9,11-13H,5,10H2,2-3H3,(H,25,27,29)/b17-11+. The van der Waals surface area contributed by atoms with Crippen molar-refractivity contribution in [2.75, 3.05) is 18.1 Å². The fourth-order valence-electron chi connectivity index (χ4n) is 2.99. The van der Waals surface area contributed by atoms with Gasteiger partial charge in [0, 0.05) is 5.02 Å². The van der Waals surface area contributed by atoms with E-state index >= 15 is 0 Å². The Morgan fingerprint density at radius 2 is 1.90 bits per heavy atom. The average Bonchev–Trinajstić information content (AvgIpc) is 2.73. The van der Waals surface area contributed by atoms with Crippen LogP contribution in [0.5, 0.6) is 11.5 Å². The second-order valence-electron chi connectivity index (χ2n) is 6.52. The van der Waals surface area contributed by atoms with Crippen LogP contribution in [0.15, 0.2) is 42.0 Å². The summed E-state index contributed by atoms with van der Waals surface area (Å²) in [5.74, 6) is 1.67. The Hall–Kier alpha value is -3.76. The Morgan fingerprint density at radius 1 is 1.13 bits per heavy atom. The van der Waals surface area contributed by atoms with Crippen molar-refractivity contribution in [2.45, 2.75) is 13.8 Å². The molecule has 3 rings (SSSR count). The number of rotatable bonds is 6. The van der Waals surface area contributed by atoms with Gasteiger partial charge in [0.1, 0.15) is 12.2 Å².